The Morgan fingerprint density at radius 2 is 1.83 bits per heavy atom. The average molecular weight is 396 g/mol. The highest BCUT2D eigenvalue weighted by atomic mass is 19.1. The van der Waals surface area contributed by atoms with Crippen molar-refractivity contribution in [2.24, 2.45) is 0 Å². The quantitative estimate of drug-likeness (QED) is 0.644. The third kappa shape index (κ3) is 5.22. The van der Waals surface area contributed by atoms with Crippen LogP contribution in [0.25, 0.3) is 0 Å². The van der Waals surface area contributed by atoms with Gasteiger partial charge >= 0.3 is 0 Å². The Morgan fingerprint density at radius 1 is 1.14 bits per heavy atom. The van der Waals surface area contributed by atoms with Crippen molar-refractivity contribution in [1.29, 1.82) is 0 Å². The molecule has 150 valence electrons. The fraction of sp³-hybridized carbons (Fsp3) is 0.182. The highest BCUT2D eigenvalue weighted by Crippen LogP contribution is 2.17. The Hall–Kier alpha value is -3.61. The van der Waals surface area contributed by atoms with Crippen LogP contribution in [-0.2, 0) is 11.3 Å². The van der Waals surface area contributed by atoms with Crippen LogP contribution >= 0.6 is 0 Å². The molecule has 1 heterocycles. The number of para-hydroxylation sites is 1. The zero-order valence-electron chi connectivity index (χ0n) is 15.8. The van der Waals surface area contributed by atoms with E-state index >= 15 is 0 Å². The van der Waals surface area contributed by atoms with Crippen molar-refractivity contribution >= 4 is 5.91 Å². The minimum Gasteiger partial charge on any atom is -0.503 e. The summed E-state index contributed by atoms with van der Waals surface area (Å²) in [5.41, 5.74) is 0.487. The number of rotatable bonds is 7. The fourth-order valence-electron chi connectivity index (χ4n) is 2.84. The van der Waals surface area contributed by atoms with Crippen LogP contribution in [0.1, 0.15) is 17.3 Å². The molecule has 0 aliphatic rings. The lowest BCUT2D eigenvalue weighted by molar-refractivity contribution is -0.122. The number of pyridine rings is 1. The van der Waals surface area contributed by atoms with E-state index in [1.807, 2.05) is 18.2 Å². The van der Waals surface area contributed by atoms with E-state index in [2.05, 4.69) is 5.32 Å². The summed E-state index contributed by atoms with van der Waals surface area (Å²) in [6, 6.07) is 15.7. The van der Waals surface area contributed by atoms with E-state index in [9.17, 15) is 19.1 Å². The fourth-order valence-corrected chi connectivity index (χ4v) is 2.84. The van der Waals surface area contributed by atoms with E-state index in [0.717, 1.165) is 0 Å². The number of nitrogens with zero attached hydrogens (tertiary/aromatic N) is 1. The maximum Gasteiger partial charge on any atom is 0.240 e. The van der Waals surface area contributed by atoms with Gasteiger partial charge in [-0.15, -0.1) is 0 Å². The molecular weight excluding hydrogens is 375 g/mol. The Bertz CT molecular complexity index is 1030. The smallest absolute Gasteiger partial charge is 0.240 e. The van der Waals surface area contributed by atoms with Crippen LogP contribution in [0.3, 0.4) is 0 Å². The SMILES string of the molecule is Cc1c(O)c(=O)ccn1CC(=O)NC(COc1ccccc1)c1ccc(F)cc1. The number of carbonyl (C=O) groups is 1. The van der Waals surface area contributed by atoms with Gasteiger partial charge in [0.05, 0.1) is 11.7 Å². The van der Waals surface area contributed by atoms with E-state index < -0.39 is 11.5 Å². The van der Waals surface area contributed by atoms with E-state index in [1.165, 1.54) is 29.0 Å². The molecule has 0 fully saturated rings. The molecule has 0 saturated carbocycles. The molecule has 3 aromatic rings. The number of amides is 1. The van der Waals surface area contributed by atoms with Crippen LogP contribution in [0.15, 0.2) is 71.7 Å². The molecule has 0 aliphatic carbocycles. The Labute approximate surface area is 167 Å². The van der Waals surface area contributed by atoms with Gasteiger partial charge in [-0.2, -0.15) is 0 Å². The van der Waals surface area contributed by atoms with Crippen LogP contribution in [0.4, 0.5) is 4.39 Å². The predicted molar refractivity (Wildman–Crippen MR) is 106 cm³/mol. The van der Waals surface area contributed by atoms with Gasteiger partial charge in [0.25, 0.3) is 0 Å². The Morgan fingerprint density at radius 3 is 2.52 bits per heavy atom. The van der Waals surface area contributed by atoms with Crippen molar-refractivity contribution < 1.29 is 19.0 Å². The number of carbonyl (C=O) groups excluding carboxylic acids is 1. The van der Waals surface area contributed by atoms with Gasteiger partial charge in [0.2, 0.25) is 11.3 Å². The van der Waals surface area contributed by atoms with Gasteiger partial charge in [-0.3, -0.25) is 9.59 Å². The molecule has 0 spiro atoms. The molecule has 1 amide bonds. The number of benzene rings is 2. The highest BCUT2D eigenvalue weighted by molar-refractivity contribution is 5.76. The predicted octanol–water partition coefficient (Wildman–Crippen LogP) is 2.94. The summed E-state index contributed by atoms with van der Waals surface area (Å²) in [5, 5.41) is 12.6. The van der Waals surface area contributed by atoms with Crippen molar-refractivity contribution in [1.82, 2.24) is 9.88 Å². The van der Waals surface area contributed by atoms with Crippen molar-refractivity contribution in [3.8, 4) is 11.5 Å². The largest absolute Gasteiger partial charge is 0.503 e. The van der Waals surface area contributed by atoms with Crippen molar-refractivity contribution in [2.75, 3.05) is 6.61 Å². The van der Waals surface area contributed by atoms with Crippen molar-refractivity contribution in [2.45, 2.75) is 19.5 Å². The first-order valence-corrected chi connectivity index (χ1v) is 9.05. The number of halogens is 1. The van der Waals surface area contributed by atoms with E-state index in [4.69, 9.17) is 4.74 Å². The zero-order chi connectivity index (χ0) is 20.8. The summed E-state index contributed by atoms with van der Waals surface area (Å²) < 4.78 is 20.5. The second-order valence-electron chi connectivity index (χ2n) is 6.54. The normalized spacial score (nSPS) is 11.7. The molecule has 2 N–H and O–H groups in total. The van der Waals surface area contributed by atoms with Gasteiger partial charge in [-0.1, -0.05) is 30.3 Å². The minimum absolute atomic E-state index is 0.0945. The maximum atomic E-state index is 13.3. The molecule has 0 bridgehead atoms. The highest BCUT2D eigenvalue weighted by Gasteiger charge is 2.17. The summed E-state index contributed by atoms with van der Waals surface area (Å²) in [4.78, 5) is 24.1. The van der Waals surface area contributed by atoms with E-state index in [-0.39, 0.29) is 30.6 Å². The molecule has 6 nitrogen and oxygen atoms in total. The molecule has 0 saturated heterocycles. The van der Waals surface area contributed by atoms with Gasteiger partial charge in [-0.25, -0.2) is 4.39 Å². The van der Waals surface area contributed by atoms with Gasteiger partial charge in [-0.05, 0) is 36.8 Å². The molecule has 0 radical (unpaired) electrons. The van der Waals surface area contributed by atoms with E-state index in [0.29, 0.717) is 17.0 Å². The first kappa shape index (κ1) is 20.1. The van der Waals surface area contributed by atoms with E-state index in [1.54, 1.807) is 31.2 Å². The zero-order valence-corrected chi connectivity index (χ0v) is 15.8. The molecule has 2 aromatic carbocycles. The first-order valence-electron chi connectivity index (χ1n) is 9.05. The molecule has 7 heteroatoms. The molecule has 1 aromatic heterocycles. The monoisotopic (exact) mass is 396 g/mol. The second kappa shape index (κ2) is 9.05. The lowest BCUT2D eigenvalue weighted by Crippen LogP contribution is -2.35. The average Bonchev–Trinajstić information content (AvgIpc) is 2.73. The first-order chi connectivity index (χ1) is 13.9. The molecule has 3 rings (SSSR count). The standard InChI is InChI=1S/C22H21FN2O4/c1-15-22(28)20(26)11-12-25(15)13-21(27)24-19(16-7-9-17(23)10-8-16)14-29-18-5-3-2-4-6-18/h2-12,19,28H,13-14H2,1H3,(H,24,27). The minimum atomic E-state index is -0.517. The third-order valence-corrected chi connectivity index (χ3v) is 4.49. The number of aromatic nitrogens is 1. The Kier molecular flexibility index (Phi) is 6.29. The molecule has 1 atom stereocenters. The number of hydrogen-bond acceptors (Lipinski definition) is 4. The van der Waals surface area contributed by atoms with Crippen molar-refractivity contribution in [3.63, 3.8) is 0 Å². The van der Waals surface area contributed by atoms with Gasteiger partial charge in [0, 0.05) is 12.3 Å². The summed E-state index contributed by atoms with van der Waals surface area (Å²) in [5.74, 6) is -0.456. The second-order valence-corrected chi connectivity index (χ2v) is 6.54. The number of ether oxygens (including phenoxy) is 1. The van der Waals surface area contributed by atoms with Crippen molar-refractivity contribution in [3.05, 3.63) is 94.2 Å². The molecular formula is C22H21FN2O4. The topological polar surface area (TPSA) is 80.6 Å². The summed E-state index contributed by atoms with van der Waals surface area (Å²) in [6.07, 6.45) is 1.45. The van der Waals surface area contributed by atoms with Gasteiger partial charge < -0.3 is 19.7 Å². The Balaban J connectivity index is 1.75. The number of aromatic hydroxyl groups is 1. The van der Waals surface area contributed by atoms with Crippen LogP contribution in [0.2, 0.25) is 0 Å². The van der Waals surface area contributed by atoms with Crippen LogP contribution < -0.4 is 15.5 Å². The molecule has 29 heavy (non-hydrogen) atoms. The molecule has 1 unspecified atom stereocenters. The lowest BCUT2D eigenvalue weighted by atomic mass is 10.1. The molecule has 0 aliphatic heterocycles. The van der Waals surface area contributed by atoms with Crippen LogP contribution in [-0.4, -0.2) is 22.2 Å². The summed E-state index contributed by atoms with van der Waals surface area (Å²) in [6.45, 7) is 1.61. The number of nitrogens with one attached hydrogen (secondary N) is 1. The van der Waals surface area contributed by atoms with Crippen LogP contribution in [0, 0.1) is 12.7 Å². The summed E-state index contributed by atoms with van der Waals surface area (Å²) >= 11 is 0. The number of hydrogen-bond donors (Lipinski definition) is 2. The lowest BCUT2D eigenvalue weighted by Gasteiger charge is -2.21. The maximum absolute atomic E-state index is 13.3. The third-order valence-electron chi connectivity index (χ3n) is 4.49. The van der Waals surface area contributed by atoms with Gasteiger partial charge in [0.1, 0.15) is 24.7 Å². The van der Waals surface area contributed by atoms with Gasteiger partial charge in [0.15, 0.2) is 5.75 Å². The van der Waals surface area contributed by atoms with Crippen LogP contribution in [0.5, 0.6) is 11.5 Å². The summed E-state index contributed by atoms with van der Waals surface area (Å²) in [7, 11) is 0.